The Morgan fingerprint density at radius 2 is 1.88 bits per heavy atom. The van der Waals surface area contributed by atoms with Crippen LogP contribution in [0.15, 0.2) is 24.3 Å². The second-order valence-corrected chi connectivity index (χ2v) is 4.45. The number of nitrogens with two attached hydrogens (primary N) is 1. The van der Waals surface area contributed by atoms with Crippen molar-refractivity contribution in [1.82, 2.24) is 5.43 Å². The van der Waals surface area contributed by atoms with E-state index in [4.69, 9.17) is 26.9 Å². The summed E-state index contributed by atoms with van der Waals surface area (Å²) in [5.41, 5.74) is 2.66. The number of hydrazine groups is 1. The van der Waals surface area contributed by atoms with Gasteiger partial charge in [0.25, 0.3) is 0 Å². The topological polar surface area (TPSA) is 56.5 Å². The minimum absolute atomic E-state index is 0.0342. The van der Waals surface area contributed by atoms with Gasteiger partial charge in [0.1, 0.15) is 12.4 Å². The molecule has 5 heteroatoms. The molecule has 0 fully saturated rings. The molecule has 0 radical (unpaired) electrons. The molecule has 0 heterocycles. The molecule has 1 aromatic rings. The maximum Gasteiger partial charge on any atom is 0.119 e. The van der Waals surface area contributed by atoms with Gasteiger partial charge in [-0.2, -0.15) is 0 Å². The van der Waals surface area contributed by atoms with Gasteiger partial charge in [-0.3, -0.25) is 11.3 Å². The monoisotopic (exact) mass is 258 g/mol. The van der Waals surface area contributed by atoms with Crippen LogP contribution in [0.3, 0.4) is 0 Å². The summed E-state index contributed by atoms with van der Waals surface area (Å²) in [7, 11) is 0. The SMILES string of the molecule is CC(C)OCC(COc1ccc(Cl)cc1)NN. The highest BCUT2D eigenvalue weighted by atomic mass is 35.5. The van der Waals surface area contributed by atoms with Crippen LogP contribution in [-0.4, -0.2) is 25.4 Å². The third-order valence-corrected chi connectivity index (χ3v) is 2.38. The molecule has 1 aromatic carbocycles. The summed E-state index contributed by atoms with van der Waals surface area (Å²) in [5, 5.41) is 0.689. The van der Waals surface area contributed by atoms with Gasteiger partial charge in [0.05, 0.1) is 18.8 Å². The maximum atomic E-state index is 5.78. The van der Waals surface area contributed by atoms with Crippen molar-refractivity contribution in [3.63, 3.8) is 0 Å². The molecular formula is C12H19ClN2O2. The van der Waals surface area contributed by atoms with Crippen molar-refractivity contribution in [2.45, 2.75) is 26.0 Å². The predicted molar refractivity (Wildman–Crippen MR) is 69.1 cm³/mol. The molecule has 0 aliphatic heterocycles. The predicted octanol–water partition coefficient (Wildman–Crippen LogP) is 1.98. The average molecular weight is 259 g/mol. The van der Waals surface area contributed by atoms with Gasteiger partial charge in [-0.15, -0.1) is 0 Å². The average Bonchev–Trinajstić information content (AvgIpc) is 2.31. The number of hydrogen-bond acceptors (Lipinski definition) is 4. The molecular weight excluding hydrogens is 240 g/mol. The standard InChI is InChI=1S/C12H19ClN2O2/c1-9(2)16-7-11(15-14)8-17-12-5-3-10(13)4-6-12/h3-6,9,11,15H,7-8,14H2,1-2H3. The molecule has 0 aromatic heterocycles. The third kappa shape index (κ3) is 5.89. The van der Waals surface area contributed by atoms with Crippen LogP contribution in [0, 0.1) is 0 Å². The molecule has 4 nitrogen and oxygen atoms in total. The quantitative estimate of drug-likeness (QED) is 0.580. The van der Waals surface area contributed by atoms with E-state index < -0.39 is 0 Å². The zero-order valence-electron chi connectivity index (χ0n) is 10.2. The first-order chi connectivity index (χ1) is 8.11. The van der Waals surface area contributed by atoms with Gasteiger partial charge in [0, 0.05) is 5.02 Å². The molecule has 3 N–H and O–H groups in total. The van der Waals surface area contributed by atoms with Gasteiger partial charge in [0.15, 0.2) is 0 Å². The fourth-order valence-electron chi connectivity index (χ4n) is 1.18. The van der Waals surface area contributed by atoms with Crippen LogP contribution in [-0.2, 0) is 4.74 Å². The number of halogens is 1. The van der Waals surface area contributed by atoms with Crippen molar-refractivity contribution in [2.24, 2.45) is 5.84 Å². The molecule has 0 aliphatic rings. The van der Waals surface area contributed by atoms with E-state index in [1.807, 2.05) is 26.0 Å². The number of benzene rings is 1. The molecule has 1 rings (SSSR count). The van der Waals surface area contributed by atoms with E-state index in [0.29, 0.717) is 18.2 Å². The van der Waals surface area contributed by atoms with Gasteiger partial charge in [-0.1, -0.05) is 11.6 Å². The summed E-state index contributed by atoms with van der Waals surface area (Å²) in [6.07, 6.45) is 0.182. The van der Waals surface area contributed by atoms with Crippen molar-refractivity contribution in [3.05, 3.63) is 29.3 Å². The van der Waals surface area contributed by atoms with Crippen molar-refractivity contribution in [3.8, 4) is 5.75 Å². The molecule has 0 amide bonds. The zero-order chi connectivity index (χ0) is 12.7. The van der Waals surface area contributed by atoms with Crippen LogP contribution >= 0.6 is 11.6 Å². The van der Waals surface area contributed by atoms with Gasteiger partial charge in [-0.05, 0) is 38.1 Å². The first kappa shape index (κ1) is 14.3. The lowest BCUT2D eigenvalue weighted by molar-refractivity contribution is 0.0502. The second kappa shape index (κ2) is 7.50. The Hall–Kier alpha value is -0.810. The lowest BCUT2D eigenvalue weighted by Gasteiger charge is -2.18. The van der Waals surface area contributed by atoms with E-state index in [9.17, 15) is 0 Å². The minimum atomic E-state index is -0.0342. The molecule has 1 unspecified atom stereocenters. The Morgan fingerprint density at radius 1 is 1.24 bits per heavy atom. The van der Waals surface area contributed by atoms with E-state index in [-0.39, 0.29) is 12.1 Å². The van der Waals surface area contributed by atoms with Crippen LogP contribution in [0.1, 0.15) is 13.8 Å². The minimum Gasteiger partial charge on any atom is -0.492 e. The molecule has 17 heavy (non-hydrogen) atoms. The van der Waals surface area contributed by atoms with Crippen molar-refractivity contribution in [1.29, 1.82) is 0 Å². The molecule has 1 atom stereocenters. The van der Waals surface area contributed by atoms with Crippen molar-refractivity contribution in [2.75, 3.05) is 13.2 Å². The number of rotatable bonds is 7. The molecule has 0 saturated carbocycles. The Balaban J connectivity index is 2.34. The molecule has 0 aliphatic carbocycles. The lowest BCUT2D eigenvalue weighted by Crippen LogP contribution is -2.43. The molecule has 0 saturated heterocycles. The fourth-order valence-corrected chi connectivity index (χ4v) is 1.31. The lowest BCUT2D eigenvalue weighted by atomic mass is 10.3. The van der Waals surface area contributed by atoms with Crippen LogP contribution in [0.4, 0.5) is 0 Å². The van der Waals surface area contributed by atoms with Gasteiger partial charge in [-0.25, -0.2) is 0 Å². The fraction of sp³-hybridized carbons (Fsp3) is 0.500. The summed E-state index contributed by atoms with van der Waals surface area (Å²) in [5.74, 6) is 6.18. The van der Waals surface area contributed by atoms with E-state index in [1.54, 1.807) is 12.1 Å². The molecule has 96 valence electrons. The van der Waals surface area contributed by atoms with Crippen LogP contribution in [0.5, 0.6) is 5.75 Å². The van der Waals surface area contributed by atoms with Gasteiger partial charge in [0.2, 0.25) is 0 Å². The Bertz CT molecular complexity index is 317. The van der Waals surface area contributed by atoms with Crippen molar-refractivity contribution >= 4 is 11.6 Å². The van der Waals surface area contributed by atoms with Gasteiger partial charge >= 0.3 is 0 Å². The van der Waals surface area contributed by atoms with E-state index >= 15 is 0 Å². The summed E-state index contributed by atoms with van der Waals surface area (Å²) < 4.78 is 11.0. The zero-order valence-corrected chi connectivity index (χ0v) is 10.9. The summed E-state index contributed by atoms with van der Waals surface area (Å²) in [6.45, 7) is 4.92. The number of nitrogens with one attached hydrogen (secondary N) is 1. The Morgan fingerprint density at radius 3 is 2.41 bits per heavy atom. The first-order valence-electron chi connectivity index (χ1n) is 5.58. The number of hydrogen-bond donors (Lipinski definition) is 2. The second-order valence-electron chi connectivity index (χ2n) is 4.01. The van der Waals surface area contributed by atoms with Crippen LogP contribution in [0.25, 0.3) is 0 Å². The van der Waals surface area contributed by atoms with Gasteiger partial charge < -0.3 is 9.47 Å². The third-order valence-electron chi connectivity index (χ3n) is 2.13. The highest BCUT2D eigenvalue weighted by Gasteiger charge is 2.08. The molecule has 0 bridgehead atoms. The summed E-state index contributed by atoms with van der Waals surface area (Å²) in [6, 6.07) is 7.17. The smallest absolute Gasteiger partial charge is 0.119 e. The highest BCUT2D eigenvalue weighted by molar-refractivity contribution is 6.30. The first-order valence-corrected chi connectivity index (χ1v) is 5.95. The normalized spacial score (nSPS) is 12.8. The van der Waals surface area contributed by atoms with Crippen LogP contribution < -0.4 is 16.0 Å². The Labute approximate surface area is 107 Å². The summed E-state index contributed by atoms with van der Waals surface area (Å²) >= 11 is 5.78. The Kier molecular flexibility index (Phi) is 6.29. The maximum absolute atomic E-state index is 5.78. The number of ether oxygens (including phenoxy) is 2. The van der Waals surface area contributed by atoms with E-state index in [1.165, 1.54) is 0 Å². The molecule has 0 spiro atoms. The van der Waals surface area contributed by atoms with E-state index in [0.717, 1.165) is 5.75 Å². The van der Waals surface area contributed by atoms with E-state index in [2.05, 4.69) is 5.43 Å². The highest BCUT2D eigenvalue weighted by Crippen LogP contribution is 2.15. The van der Waals surface area contributed by atoms with Crippen molar-refractivity contribution < 1.29 is 9.47 Å². The summed E-state index contributed by atoms with van der Waals surface area (Å²) in [4.78, 5) is 0. The van der Waals surface area contributed by atoms with Crippen LogP contribution in [0.2, 0.25) is 5.02 Å². The largest absolute Gasteiger partial charge is 0.492 e.